The van der Waals surface area contributed by atoms with Gasteiger partial charge in [0.05, 0.1) is 13.2 Å². The molecule has 0 amide bonds. The molecule has 2 heterocycles. The van der Waals surface area contributed by atoms with E-state index < -0.39 is 11.9 Å². The molecular weight excluding hydrogens is 350 g/mol. The Morgan fingerprint density at radius 2 is 1.73 bits per heavy atom. The lowest BCUT2D eigenvalue weighted by atomic mass is 10.5. The maximum absolute atomic E-state index is 11.1. The highest BCUT2D eigenvalue weighted by Gasteiger charge is 2.15. The van der Waals surface area contributed by atoms with Gasteiger partial charge in [0, 0.05) is 0 Å². The Bertz CT molecular complexity index is 818. The van der Waals surface area contributed by atoms with Crippen LogP contribution in [0.25, 0.3) is 0 Å². The van der Waals surface area contributed by atoms with Crippen molar-refractivity contribution in [2.45, 2.75) is 13.8 Å². The van der Waals surface area contributed by atoms with E-state index in [2.05, 4.69) is 29.0 Å². The number of oxazole rings is 2. The van der Waals surface area contributed by atoms with Crippen molar-refractivity contribution in [3.63, 3.8) is 0 Å². The first kappa shape index (κ1) is 20.2. The molecule has 138 valence electrons. The van der Waals surface area contributed by atoms with Crippen LogP contribution in [0.4, 0.5) is 0 Å². The van der Waals surface area contributed by atoms with Crippen LogP contribution in [-0.4, -0.2) is 46.2 Å². The van der Waals surface area contributed by atoms with Gasteiger partial charge in [-0.05, 0) is 13.8 Å². The zero-order chi connectivity index (χ0) is 19.5. The molecule has 0 aliphatic carbocycles. The summed E-state index contributed by atoms with van der Waals surface area (Å²) in [5.74, 6) is -1.77. The van der Waals surface area contributed by atoms with Crippen molar-refractivity contribution in [2.75, 3.05) is 13.2 Å². The van der Waals surface area contributed by atoms with Gasteiger partial charge in [-0.15, -0.1) is 0 Å². The summed E-state index contributed by atoms with van der Waals surface area (Å²) < 4.78 is 18.6. The molecule has 12 heteroatoms. The van der Waals surface area contributed by atoms with E-state index in [-0.39, 0.29) is 42.2 Å². The zero-order valence-electron chi connectivity index (χ0n) is 13.8. The lowest BCUT2D eigenvalue weighted by molar-refractivity contribution is 0.0510. The smallest absolute Gasteiger partial charge is 0.360 e. The van der Waals surface area contributed by atoms with Crippen LogP contribution in [0.3, 0.4) is 0 Å². The molecule has 12 nitrogen and oxygen atoms in total. The highest BCUT2D eigenvalue weighted by Crippen LogP contribution is 2.03. The van der Waals surface area contributed by atoms with Gasteiger partial charge in [-0.1, -0.05) is 5.16 Å². The Kier molecular flexibility index (Phi) is 7.82. The van der Waals surface area contributed by atoms with E-state index in [1.165, 1.54) is 0 Å². The standard InChI is InChI=1S/C7H9N3O4.C7H6N2O3/c1-2-13-7(11)4-3-14-6(9-4)5(8)10-12;1-2-11-7(10)5-4-12-6(3-8)9-5/h3,12H,2H2,1H3,(H2,8,10);4H,2H2,1H3. The SMILES string of the molecule is CCOC(=O)c1coc(/C(N)=N/O)n1.CCOC(=O)c1coc(C#N)n1. The van der Waals surface area contributed by atoms with Gasteiger partial charge in [0.1, 0.15) is 12.5 Å². The number of hydrogen-bond donors (Lipinski definition) is 2. The lowest BCUT2D eigenvalue weighted by Gasteiger charge is -1.94. The molecule has 2 aromatic rings. The summed E-state index contributed by atoms with van der Waals surface area (Å²) in [6.07, 6.45) is 2.17. The highest BCUT2D eigenvalue weighted by molar-refractivity contribution is 5.94. The lowest BCUT2D eigenvalue weighted by Crippen LogP contribution is -2.14. The van der Waals surface area contributed by atoms with Crippen molar-refractivity contribution in [1.29, 1.82) is 5.26 Å². The van der Waals surface area contributed by atoms with E-state index in [1.807, 2.05) is 0 Å². The van der Waals surface area contributed by atoms with Crippen LogP contribution in [0.15, 0.2) is 26.5 Å². The van der Waals surface area contributed by atoms with Gasteiger partial charge in [-0.3, -0.25) is 0 Å². The number of carbonyl (C=O) groups excluding carboxylic acids is 2. The fraction of sp³-hybridized carbons (Fsp3) is 0.286. The average molecular weight is 365 g/mol. The average Bonchev–Trinajstić information content (AvgIpc) is 3.31. The first-order valence-electron chi connectivity index (χ1n) is 7.10. The van der Waals surface area contributed by atoms with Crippen molar-refractivity contribution in [3.8, 4) is 6.07 Å². The van der Waals surface area contributed by atoms with E-state index >= 15 is 0 Å². The third kappa shape index (κ3) is 5.64. The van der Waals surface area contributed by atoms with E-state index in [0.29, 0.717) is 0 Å². The first-order chi connectivity index (χ1) is 12.5. The van der Waals surface area contributed by atoms with Gasteiger partial charge >= 0.3 is 17.8 Å². The van der Waals surface area contributed by atoms with E-state index in [1.54, 1.807) is 19.9 Å². The molecule has 3 N–H and O–H groups in total. The maximum Gasteiger partial charge on any atom is 0.360 e. The number of aromatic nitrogens is 2. The van der Waals surface area contributed by atoms with Crippen LogP contribution in [-0.2, 0) is 9.47 Å². The van der Waals surface area contributed by atoms with Crippen LogP contribution >= 0.6 is 0 Å². The third-order valence-corrected chi connectivity index (χ3v) is 2.40. The van der Waals surface area contributed by atoms with Gasteiger partial charge in [0.15, 0.2) is 17.5 Å². The molecular formula is C14H15N5O7. The summed E-state index contributed by atoms with van der Waals surface area (Å²) in [5, 5.41) is 19.3. The maximum atomic E-state index is 11.1. The van der Waals surface area contributed by atoms with Crippen LogP contribution < -0.4 is 5.73 Å². The highest BCUT2D eigenvalue weighted by atomic mass is 16.5. The molecule has 26 heavy (non-hydrogen) atoms. The summed E-state index contributed by atoms with van der Waals surface area (Å²) >= 11 is 0. The molecule has 0 aliphatic rings. The molecule has 0 atom stereocenters. The summed E-state index contributed by atoms with van der Waals surface area (Å²) in [6.45, 7) is 3.86. The normalized spacial score (nSPS) is 10.3. The number of nitrogens with two attached hydrogens (primary N) is 1. The van der Waals surface area contributed by atoms with E-state index in [0.717, 1.165) is 12.5 Å². The molecule has 0 bridgehead atoms. The Labute approximate surface area is 146 Å². The van der Waals surface area contributed by atoms with Gasteiger partial charge in [0.2, 0.25) is 5.84 Å². The second-order valence-corrected chi connectivity index (χ2v) is 4.11. The molecule has 0 saturated heterocycles. The Morgan fingerprint density at radius 3 is 2.19 bits per heavy atom. The second kappa shape index (κ2) is 10.1. The topological polar surface area (TPSA) is 187 Å². The number of nitriles is 1. The fourth-order valence-electron chi connectivity index (χ4n) is 1.36. The third-order valence-electron chi connectivity index (χ3n) is 2.40. The fourth-order valence-corrected chi connectivity index (χ4v) is 1.36. The largest absolute Gasteiger partial charge is 0.461 e. The van der Waals surface area contributed by atoms with Crippen molar-refractivity contribution >= 4 is 17.8 Å². The van der Waals surface area contributed by atoms with Gasteiger partial charge in [-0.25, -0.2) is 9.59 Å². The number of carbonyl (C=O) groups is 2. The van der Waals surface area contributed by atoms with Crippen molar-refractivity contribution in [1.82, 2.24) is 9.97 Å². The zero-order valence-corrected chi connectivity index (χ0v) is 13.8. The Hall–Kier alpha value is -3.88. The van der Waals surface area contributed by atoms with Crippen molar-refractivity contribution < 1.29 is 33.1 Å². The van der Waals surface area contributed by atoms with Crippen LogP contribution in [0, 0.1) is 11.3 Å². The number of ether oxygens (including phenoxy) is 2. The number of amidine groups is 1. The van der Waals surface area contributed by atoms with Crippen LogP contribution in [0.2, 0.25) is 0 Å². The number of oxime groups is 1. The number of nitrogens with zero attached hydrogens (tertiary/aromatic N) is 4. The minimum Gasteiger partial charge on any atom is -0.461 e. The molecule has 0 spiro atoms. The number of hydrogen-bond acceptors (Lipinski definition) is 11. The molecule has 0 radical (unpaired) electrons. The minimum absolute atomic E-state index is 0.0200. The summed E-state index contributed by atoms with van der Waals surface area (Å²) in [6, 6.07) is 1.66. The summed E-state index contributed by atoms with van der Waals surface area (Å²) in [4.78, 5) is 29.2. The summed E-state index contributed by atoms with van der Waals surface area (Å²) in [5.41, 5.74) is 5.18. The number of rotatable bonds is 5. The van der Waals surface area contributed by atoms with E-state index in [4.69, 9.17) is 20.6 Å². The first-order valence-corrected chi connectivity index (χ1v) is 7.10. The molecule has 0 saturated carbocycles. The molecule has 2 aromatic heterocycles. The summed E-state index contributed by atoms with van der Waals surface area (Å²) in [7, 11) is 0. The Morgan fingerprint density at radius 1 is 1.19 bits per heavy atom. The molecule has 0 aliphatic heterocycles. The van der Waals surface area contributed by atoms with Crippen LogP contribution in [0.5, 0.6) is 0 Å². The molecule has 0 aromatic carbocycles. The molecule has 0 unspecified atom stereocenters. The molecule has 2 rings (SSSR count). The quantitative estimate of drug-likeness (QED) is 0.249. The van der Waals surface area contributed by atoms with Crippen molar-refractivity contribution in [3.05, 3.63) is 35.7 Å². The molecule has 0 fully saturated rings. The van der Waals surface area contributed by atoms with Crippen molar-refractivity contribution in [2.24, 2.45) is 10.9 Å². The van der Waals surface area contributed by atoms with E-state index in [9.17, 15) is 9.59 Å². The Balaban J connectivity index is 0.000000263. The van der Waals surface area contributed by atoms with Gasteiger partial charge in [0.25, 0.3) is 5.89 Å². The predicted octanol–water partition coefficient (Wildman–Crippen LogP) is 0.669. The van der Waals surface area contributed by atoms with Crippen LogP contribution in [0.1, 0.15) is 46.6 Å². The predicted molar refractivity (Wildman–Crippen MR) is 82.1 cm³/mol. The van der Waals surface area contributed by atoms with Gasteiger partial charge in [-0.2, -0.15) is 15.2 Å². The van der Waals surface area contributed by atoms with Gasteiger partial charge < -0.3 is 29.2 Å². The number of esters is 2. The minimum atomic E-state index is -0.617. The second-order valence-electron chi connectivity index (χ2n) is 4.11. The monoisotopic (exact) mass is 365 g/mol.